The molecule has 0 bridgehead atoms. The second-order valence-electron chi connectivity index (χ2n) is 3.82. The van der Waals surface area contributed by atoms with Crippen molar-refractivity contribution in [2.45, 2.75) is 5.67 Å². The summed E-state index contributed by atoms with van der Waals surface area (Å²) in [5.74, 6) is 0. The van der Waals surface area contributed by atoms with Gasteiger partial charge < -0.3 is 0 Å². The Morgan fingerprint density at radius 3 is 1.40 bits per heavy atom. The molecule has 0 amide bonds. The van der Waals surface area contributed by atoms with E-state index in [1.54, 1.807) is 10.4 Å². The zero-order valence-electron chi connectivity index (χ0n) is 8.89. The molecule has 0 aromatic heterocycles. The first-order valence-corrected chi connectivity index (χ1v) is 8.94. The molecule has 0 saturated carbocycles. The topological polar surface area (TPSA) is 0 Å². The standard InChI is InChI=1S/C13H16Si2/c1-3-7-12(8-4-1)14-11-15-13-9-5-2-6-10-13/h1-10H,11,14-15H2. The summed E-state index contributed by atoms with van der Waals surface area (Å²) < 4.78 is 0. The van der Waals surface area contributed by atoms with Crippen LogP contribution in [-0.2, 0) is 0 Å². The van der Waals surface area contributed by atoms with E-state index in [0.29, 0.717) is 0 Å². The summed E-state index contributed by atoms with van der Waals surface area (Å²) in [5.41, 5.74) is 1.51. The van der Waals surface area contributed by atoms with Gasteiger partial charge in [-0.25, -0.2) is 0 Å². The number of benzene rings is 2. The number of hydrogen-bond donors (Lipinski definition) is 0. The van der Waals surface area contributed by atoms with Gasteiger partial charge in [0.15, 0.2) is 0 Å². The lowest BCUT2D eigenvalue weighted by molar-refractivity contribution is 1.74. The number of rotatable bonds is 4. The van der Waals surface area contributed by atoms with Crippen LogP contribution in [0.15, 0.2) is 60.7 Å². The largest absolute Gasteiger partial charge is 0.0672 e. The molecule has 0 aliphatic carbocycles. The molecule has 0 fully saturated rings. The monoisotopic (exact) mass is 228 g/mol. The van der Waals surface area contributed by atoms with Crippen molar-refractivity contribution in [2.75, 3.05) is 0 Å². The zero-order valence-corrected chi connectivity index (χ0v) is 11.7. The van der Waals surface area contributed by atoms with E-state index in [1.165, 1.54) is 5.67 Å². The summed E-state index contributed by atoms with van der Waals surface area (Å²) in [7, 11) is 0.0130. The maximum Gasteiger partial charge on any atom is 0.0519 e. The average molecular weight is 228 g/mol. The molecule has 0 atom stereocenters. The van der Waals surface area contributed by atoms with Crippen molar-refractivity contribution in [1.29, 1.82) is 0 Å². The van der Waals surface area contributed by atoms with Gasteiger partial charge in [0.05, 0.1) is 19.0 Å². The predicted molar refractivity (Wildman–Crippen MR) is 74.0 cm³/mol. The quantitative estimate of drug-likeness (QED) is 0.663. The molecule has 0 spiro atoms. The van der Waals surface area contributed by atoms with Crippen molar-refractivity contribution in [1.82, 2.24) is 0 Å². The van der Waals surface area contributed by atoms with Crippen LogP contribution in [0.4, 0.5) is 0 Å². The Morgan fingerprint density at radius 2 is 1.00 bits per heavy atom. The Kier molecular flexibility index (Phi) is 3.94. The molecule has 0 N–H and O–H groups in total. The highest BCUT2D eigenvalue weighted by molar-refractivity contribution is 6.70. The van der Waals surface area contributed by atoms with Gasteiger partial charge in [0, 0.05) is 0 Å². The van der Waals surface area contributed by atoms with Crippen LogP contribution in [0.2, 0.25) is 5.67 Å². The lowest BCUT2D eigenvalue weighted by Gasteiger charge is -2.00. The molecule has 2 aromatic carbocycles. The first-order chi connectivity index (χ1) is 7.45. The molecule has 0 nitrogen and oxygen atoms in total. The molecular weight excluding hydrogens is 212 g/mol. The van der Waals surface area contributed by atoms with E-state index in [0.717, 1.165) is 0 Å². The van der Waals surface area contributed by atoms with E-state index < -0.39 is 0 Å². The maximum absolute atomic E-state index is 2.28. The maximum atomic E-state index is 2.28. The lowest BCUT2D eigenvalue weighted by atomic mass is 10.4. The molecule has 0 saturated heterocycles. The summed E-state index contributed by atoms with van der Waals surface area (Å²) in [4.78, 5) is 0. The molecular formula is C13H16Si2. The van der Waals surface area contributed by atoms with E-state index >= 15 is 0 Å². The first-order valence-electron chi connectivity index (χ1n) is 5.53. The van der Waals surface area contributed by atoms with Crippen LogP contribution in [0, 0.1) is 0 Å². The highest BCUT2D eigenvalue weighted by Gasteiger charge is 1.95. The Balaban J connectivity index is 1.81. The van der Waals surface area contributed by atoms with Crippen molar-refractivity contribution in [3.63, 3.8) is 0 Å². The lowest BCUT2D eigenvalue weighted by Crippen LogP contribution is -2.21. The van der Waals surface area contributed by atoms with Crippen molar-refractivity contribution in [3.8, 4) is 0 Å². The summed E-state index contributed by atoms with van der Waals surface area (Å²) in [6.45, 7) is 0. The van der Waals surface area contributed by atoms with Gasteiger partial charge in [-0.05, 0) is 0 Å². The minimum atomic E-state index is 0.00650. The Bertz CT molecular complexity index is 344. The highest BCUT2D eigenvalue weighted by Crippen LogP contribution is 1.86. The van der Waals surface area contributed by atoms with E-state index in [9.17, 15) is 0 Å². The third kappa shape index (κ3) is 3.49. The second kappa shape index (κ2) is 5.68. The summed E-state index contributed by atoms with van der Waals surface area (Å²) in [5, 5.41) is 3.22. The fraction of sp³-hybridized carbons (Fsp3) is 0.0769. The molecule has 2 rings (SSSR count). The molecule has 15 heavy (non-hydrogen) atoms. The minimum absolute atomic E-state index is 0.00650. The van der Waals surface area contributed by atoms with Crippen molar-refractivity contribution >= 4 is 29.4 Å². The molecule has 2 aromatic rings. The summed E-state index contributed by atoms with van der Waals surface area (Å²) >= 11 is 0. The van der Waals surface area contributed by atoms with Crippen LogP contribution in [0.3, 0.4) is 0 Å². The van der Waals surface area contributed by atoms with Gasteiger partial charge in [-0.3, -0.25) is 0 Å². The molecule has 0 aliphatic heterocycles. The van der Waals surface area contributed by atoms with E-state index in [-0.39, 0.29) is 19.0 Å². The van der Waals surface area contributed by atoms with Crippen LogP contribution in [0.25, 0.3) is 0 Å². The fourth-order valence-corrected chi connectivity index (χ4v) is 6.97. The van der Waals surface area contributed by atoms with Crippen LogP contribution in [0.1, 0.15) is 0 Å². The van der Waals surface area contributed by atoms with Gasteiger partial charge in [0.2, 0.25) is 0 Å². The van der Waals surface area contributed by atoms with Crippen molar-refractivity contribution < 1.29 is 0 Å². The molecule has 0 heterocycles. The molecule has 2 heteroatoms. The summed E-state index contributed by atoms with van der Waals surface area (Å²) in [6, 6.07) is 22.0. The van der Waals surface area contributed by atoms with Gasteiger partial charge in [-0.2, -0.15) is 0 Å². The summed E-state index contributed by atoms with van der Waals surface area (Å²) in [6.07, 6.45) is 0. The van der Waals surface area contributed by atoms with Crippen molar-refractivity contribution in [3.05, 3.63) is 60.7 Å². The third-order valence-corrected chi connectivity index (χ3v) is 7.54. The fourth-order valence-electron chi connectivity index (χ4n) is 1.79. The Labute approximate surface area is 96.0 Å². The smallest absolute Gasteiger partial charge is 0.0519 e. The minimum Gasteiger partial charge on any atom is -0.0672 e. The van der Waals surface area contributed by atoms with E-state index in [1.807, 2.05) is 0 Å². The van der Waals surface area contributed by atoms with Crippen LogP contribution in [-0.4, -0.2) is 19.0 Å². The SMILES string of the molecule is c1ccc([SiH2]C[SiH2]c2ccccc2)cc1. The van der Waals surface area contributed by atoms with Gasteiger partial charge in [-0.15, -0.1) is 0 Å². The van der Waals surface area contributed by atoms with Gasteiger partial charge in [-0.1, -0.05) is 76.7 Å². The predicted octanol–water partition coefficient (Wildman–Crippen LogP) is 0.351. The van der Waals surface area contributed by atoms with E-state index in [2.05, 4.69) is 60.7 Å². The van der Waals surface area contributed by atoms with E-state index in [4.69, 9.17) is 0 Å². The molecule has 0 aliphatic rings. The third-order valence-electron chi connectivity index (χ3n) is 2.62. The molecule has 0 radical (unpaired) electrons. The van der Waals surface area contributed by atoms with Crippen LogP contribution >= 0.6 is 0 Å². The molecule has 76 valence electrons. The molecule has 0 unspecified atom stereocenters. The van der Waals surface area contributed by atoms with Gasteiger partial charge >= 0.3 is 0 Å². The van der Waals surface area contributed by atoms with Gasteiger partial charge in [0.1, 0.15) is 0 Å². The Hall–Kier alpha value is -1.13. The van der Waals surface area contributed by atoms with Gasteiger partial charge in [0.25, 0.3) is 0 Å². The van der Waals surface area contributed by atoms with Crippen molar-refractivity contribution in [2.24, 2.45) is 0 Å². The normalized spacial score (nSPS) is 11.7. The first kappa shape index (κ1) is 10.4. The van der Waals surface area contributed by atoms with Crippen LogP contribution < -0.4 is 10.4 Å². The highest BCUT2D eigenvalue weighted by atomic mass is 28.3. The zero-order chi connectivity index (χ0) is 10.3. The Morgan fingerprint density at radius 1 is 0.600 bits per heavy atom. The average Bonchev–Trinajstić information content (AvgIpc) is 2.32. The second-order valence-corrected chi connectivity index (χ2v) is 9.29. The number of hydrogen-bond acceptors (Lipinski definition) is 0. The van der Waals surface area contributed by atoms with Crippen LogP contribution in [0.5, 0.6) is 0 Å².